The number of nitrogen functional groups attached to an aromatic ring is 1. The van der Waals surface area contributed by atoms with E-state index >= 15 is 0 Å². The van der Waals surface area contributed by atoms with Gasteiger partial charge in [-0.1, -0.05) is 0 Å². The Morgan fingerprint density at radius 1 is 1.12 bits per heavy atom. The smallest absolute Gasteiger partial charge is 0.282 e. The van der Waals surface area contributed by atoms with E-state index in [0.29, 0.717) is 35.0 Å². The SMILES string of the molecule is Nc1ncc2cc1OCc1cc(F)ccc1-n1nc(C(F)F)cc1Cc1cnn(CC3CC3)c1-2. The zero-order valence-electron chi connectivity index (χ0n) is 18.1. The number of aromatic nitrogens is 5. The van der Waals surface area contributed by atoms with E-state index < -0.39 is 12.2 Å². The number of anilines is 1. The molecule has 0 unspecified atom stereocenters. The van der Waals surface area contributed by atoms with Crippen LogP contribution in [0.2, 0.25) is 0 Å². The number of fused-ring (bicyclic) bond motifs is 7. The molecule has 0 spiro atoms. The molecule has 6 rings (SSSR count). The van der Waals surface area contributed by atoms with Crippen LogP contribution in [-0.4, -0.2) is 24.5 Å². The molecule has 3 aromatic heterocycles. The number of benzene rings is 1. The van der Waals surface area contributed by atoms with Crippen molar-refractivity contribution in [2.75, 3.05) is 5.73 Å². The first-order valence-corrected chi connectivity index (χ1v) is 11.1. The minimum absolute atomic E-state index is 0.0417. The van der Waals surface area contributed by atoms with Gasteiger partial charge in [0.15, 0.2) is 11.6 Å². The van der Waals surface area contributed by atoms with E-state index in [1.165, 1.54) is 28.9 Å². The number of pyridine rings is 1. The van der Waals surface area contributed by atoms with Crippen LogP contribution in [0.25, 0.3) is 16.9 Å². The number of nitrogens with two attached hydrogens (primary N) is 1. The maximum atomic E-state index is 14.1. The second-order valence-corrected chi connectivity index (χ2v) is 8.76. The number of hydrogen-bond acceptors (Lipinski definition) is 5. The van der Waals surface area contributed by atoms with Crippen LogP contribution in [0.4, 0.5) is 19.0 Å². The van der Waals surface area contributed by atoms with Gasteiger partial charge in [0.2, 0.25) is 0 Å². The molecular weight excluding hydrogens is 445 g/mol. The van der Waals surface area contributed by atoms with Crippen molar-refractivity contribution < 1.29 is 17.9 Å². The molecule has 0 atom stereocenters. The molecule has 0 amide bonds. The van der Waals surface area contributed by atoms with Crippen molar-refractivity contribution in [3.8, 4) is 22.7 Å². The van der Waals surface area contributed by atoms with Gasteiger partial charge in [-0.15, -0.1) is 0 Å². The molecule has 7 nitrogen and oxygen atoms in total. The van der Waals surface area contributed by atoms with E-state index in [1.54, 1.807) is 18.5 Å². The summed E-state index contributed by atoms with van der Waals surface area (Å²) < 4.78 is 50.7. The van der Waals surface area contributed by atoms with Crippen LogP contribution in [0.3, 0.4) is 0 Å². The first-order valence-electron chi connectivity index (χ1n) is 11.1. The average molecular weight is 466 g/mol. The zero-order chi connectivity index (χ0) is 23.4. The van der Waals surface area contributed by atoms with Gasteiger partial charge in [-0.25, -0.2) is 22.8 Å². The summed E-state index contributed by atoms with van der Waals surface area (Å²) in [6.45, 7) is 0.722. The van der Waals surface area contributed by atoms with E-state index in [2.05, 4.69) is 15.2 Å². The fourth-order valence-electron chi connectivity index (χ4n) is 4.38. The first-order chi connectivity index (χ1) is 16.5. The van der Waals surface area contributed by atoms with Gasteiger partial charge in [0.1, 0.15) is 18.1 Å². The Labute approximate surface area is 193 Å². The average Bonchev–Trinajstić information content (AvgIpc) is 3.39. The molecule has 4 aromatic rings. The first kappa shape index (κ1) is 20.8. The van der Waals surface area contributed by atoms with Crippen molar-refractivity contribution >= 4 is 5.82 Å². The summed E-state index contributed by atoms with van der Waals surface area (Å²) in [5.74, 6) is 0.655. The van der Waals surface area contributed by atoms with Gasteiger partial charge in [-0.05, 0) is 49.1 Å². The summed E-state index contributed by atoms with van der Waals surface area (Å²) in [6, 6.07) is 7.28. The summed E-state index contributed by atoms with van der Waals surface area (Å²) in [4.78, 5) is 4.31. The molecule has 2 bridgehead atoms. The minimum atomic E-state index is -2.74. The van der Waals surface area contributed by atoms with Crippen LogP contribution in [0, 0.1) is 11.7 Å². The van der Waals surface area contributed by atoms with Gasteiger partial charge in [0.05, 0.1) is 17.6 Å². The largest absolute Gasteiger partial charge is 0.485 e. The molecule has 10 heteroatoms. The minimum Gasteiger partial charge on any atom is -0.485 e. The van der Waals surface area contributed by atoms with Gasteiger partial charge in [0.25, 0.3) is 6.43 Å². The highest BCUT2D eigenvalue weighted by atomic mass is 19.3. The van der Waals surface area contributed by atoms with Crippen LogP contribution < -0.4 is 10.5 Å². The predicted octanol–water partition coefficient (Wildman–Crippen LogP) is 4.68. The Morgan fingerprint density at radius 2 is 1.97 bits per heavy atom. The summed E-state index contributed by atoms with van der Waals surface area (Å²) in [6.07, 6.45) is 3.28. The van der Waals surface area contributed by atoms with Crippen LogP contribution in [0.5, 0.6) is 5.75 Å². The van der Waals surface area contributed by atoms with Crippen molar-refractivity contribution in [2.45, 2.75) is 38.8 Å². The van der Waals surface area contributed by atoms with E-state index in [0.717, 1.165) is 36.2 Å². The summed E-state index contributed by atoms with van der Waals surface area (Å²) >= 11 is 0. The molecule has 1 saturated carbocycles. The molecule has 2 N–H and O–H groups in total. The van der Waals surface area contributed by atoms with E-state index in [-0.39, 0.29) is 18.1 Å². The summed E-state index contributed by atoms with van der Waals surface area (Å²) in [5.41, 5.74) is 9.61. The number of ether oxygens (including phenoxy) is 1. The van der Waals surface area contributed by atoms with E-state index in [1.807, 2.05) is 4.68 Å². The predicted molar refractivity (Wildman–Crippen MR) is 118 cm³/mol. The standard InChI is InChI=1S/C24H21F3N6O/c25-17-3-4-20-16(5-17)12-34-21-7-15(9-29-24(21)28)22-14(10-30-32(22)11-13-1-2-13)6-18-8-19(23(26)27)31-33(18)20/h3-5,7-10,13,23H,1-2,6,11-12H2,(H2,28,29). The maximum absolute atomic E-state index is 14.1. The lowest BCUT2D eigenvalue weighted by molar-refractivity contribution is 0.145. The van der Waals surface area contributed by atoms with Crippen molar-refractivity contribution in [1.29, 1.82) is 0 Å². The van der Waals surface area contributed by atoms with Gasteiger partial charge in [-0.3, -0.25) is 4.68 Å². The van der Waals surface area contributed by atoms with Crippen molar-refractivity contribution in [1.82, 2.24) is 24.5 Å². The highest BCUT2D eigenvalue weighted by Gasteiger charge is 2.27. The fraction of sp³-hybridized carbons (Fsp3) is 0.292. The van der Waals surface area contributed by atoms with Crippen LogP contribution in [0.1, 0.15) is 41.8 Å². The lowest BCUT2D eigenvalue weighted by Gasteiger charge is -2.17. The van der Waals surface area contributed by atoms with Gasteiger partial charge < -0.3 is 10.5 Å². The Kier molecular flexibility index (Phi) is 4.82. The number of halogens is 3. The maximum Gasteiger partial charge on any atom is 0.282 e. The number of nitrogens with zero attached hydrogens (tertiary/aromatic N) is 5. The monoisotopic (exact) mass is 466 g/mol. The number of rotatable bonds is 3. The molecule has 0 saturated heterocycles. The van der Waals surface area contributed by atoms with Crippen LogP contribution in [-0.2, 0) is 19.6 Å². The van der Waals surface area contributed by atoms with Gasteiger partial charge in [-0.2, -0.15) is 10.2 Å². The van der Waals surface area contributed by atoms with E-state index in [4.69, 9.17) is 10.5 Å². The lowest BCUT2D eigenvalue weighted by Crippen LogP contribution is -2.11. The van der Waals surface area contributed by atoms with Gasteiger partial charge >= 0.3 is 0 Å². The second kappa shape index (κ2) is 7.89. The molecule has 2 aliphatic rings. The third kappa shape index (κ3) is 3.68. The number of alkyl halides is 2. The second-order valence-electron chi connectivity index (χ2n) is 8.76. The zero-order valence-corrected chi connectivity index (χ0v) is 18.1. The summed E-state index contributed by atoms with van der Waals surface area (Å²) in [7, 11) is 0. The van der Waals surface area contributed by atoms with Crippen molar-refractivity contribution in [2.24, 2.45) is 5.92 Å². The van der Waals surface area contributed by atoms with Crippen molar-refractivity contribution in [3.05, 3.63) is 71.1 Å². The lowest BCUT2D eigenvalue weighted by atomic mass is 10.0. The Balaban J connectivity index is 1.57. The Hall–Kier alpha value is -3.82. The molecule has 4 heterocycles. The molecule has 1 fully saturated rings. The Bertz CT molecular complexity index is 1390. The van der Waals surface area contributed by atoms with Crippen LogP contribution >= 0.6 is 0 Å². The van der Waals surface area contributed by atoms with Crippen LogP contribution in [0.15, 0.2) is 42.7 Å². The highest BCUT2D eigenvalue weighted by Crippen LogP contribution is 2.36. The van der Waals surface area contributed by atoms with E-state index in [9.17, 15) is 13.2 Å². The Morgan fingerprint density at radius 3 is 2.76 bits per heavy atom. The normalized spacial score (nSPS) is 15.1. The molecule has 1 aromatic carbocycles. The third-order valence-electron chi connectivity index (χ3n) is 6.25. The fourth-order valence-corrected chi connectivity index (χ4v) is 4.38. The highest BCUT2D eigenvalue weighted by molar-refractivity contribution is 5.67. The molecule has 34 heavy (non-hydrogen) atoms. The molecule has 0 radical (unpaired) electrons. The third-order valence-corrected chi connectivity index (χ3v) is 6.25. The summed E-state index contributed by atoms with van der Waals surface area (Å²) in [5, 5.41) is 8.76. The topological polar surface area (TPSA) is 83.8 Å². The number of hydrogen-bond donors (Lipinski definition) is 1. The molecule has 174 valence electrons. The van der Waals surface area contributed by atoms with Gasteiger partial charge in [0, 0.05) is 41.5 Å². The molecular formula is C24H21F3N6O. The quantitative estimate of drug-likeness (QED) is 0.474. The molecule has 1 aliphatic heterocycles. The van der Waals surface area contributed by atoms with Crippen molar-refractivity contribution in [3.63, 3.8) is 0 Å². The molecule has 1 aliphatic carbocycles.